The topological polar surface area (TPSA) is 76.1 Å². The highest BCUT2D eigenvalue weighted by Crippen LogP contribution is 2.28. The summed E-state index contributed by atoms with van der Waals surface area (Å²) in [6.45, 7) is 1.79. The van der Waals surface area contributed by atoms with Gasteiger partial charge in [-0.15, -0.1) is 0 Å². The maximum atomic E-state index is 12.6. The summed E-state index contributed by atoms with van der Waals surface area (Å²) in [6.07, 6.45) is -1.02. The fourth-order valence-corrected chi connectivity index (χ4v) is 3.05. The van der Waals surface area contributed by atoms with E-state index >= 15 is 0 Å². The molecule has 146 valence electrons. The third kappa shape index (κ3) is 3.35. The highest BCUT2D eigenvalue weighted by Gasteiger charge is 2.36. The van der Waals surface area contributed by atoms with Crippen molar-refractivity contribution in [3.8, 4) is 11.3 Å². The quantitative estimate of drug-likeness (QED) is 0.630. The Morgan fingerprint density at radius 2 is 1.52 bits per heavy atom. The molecule has 1 aliphatic heterocycles. The SMILES string of the molecule is Cc1cnc(-c2cnc(C(F)(F)F)nc2)cc1CN1C(=O)c2ccccc2C1=O. The molecule has 0 atom stereocenters. The number of fused-ring (bicyclic) bond motifs is 1. The Morgan fingerprint density at radius 3 is 2.07 bits per heavy atom. The summed E-state index contributed by atoms with van der Waals surface area (Å²) >= 11 is 0. The molecule has 0 unspecified atom stereocenters. The summed E-state index contributed by atoms with van der Waals surface area (Å²) in [6, 6.07) is 8.19. The van der Waals surface area contributed by atoms with E-state index in [4.69, 9.17) is 0 Å². The Bertz CT molecular complexity index is 1090. The Hall–Kier alpha value is -3.62. The van der Waals surface area contributed by atoms with Crippen LogP contribution >= 0.6 is 0 Å². The van der Waals surface area contributed by atoms with Crippen LogP contribution in [0.15, 0.2) is 48.9 Å². The second kappa shape index (κ2) is 6.77. The smallest absolute Gasteiger partial charge is 0.270 e. The van der Waals surface area contributed by atoms with Gasteiger partial charge >= 0.3 is 6.18 Å². The first kappa shape index (κ1) is 18.7. The molecular weight excluding hydrogens is 385 g/mol. The number of imide groups is 1. The molecule has 1 aliphatic rings. The fraction of sp³-hybridized carbons (Fsp3) is 0.150. The zero-order valence-corrected chi connectivity index (χ0v) is 15.1. The molecule has 9 heteroatoms. The summed E-state index contributed by atoms with van der Waals surface area (Å²) in [5.41, 5.74) is 2.71. The lowest BCUT2D eigenvalue weighted by Gasteiger charge is -2.16. The molecule has 4 rings (SSSR count). The Labute approximate surface area is 163 Å². The molecule has 0 fully saturated rings. The number of aryl methyl sites for hydroxylation is 1. The number of aromatic nitrogens is 3. The molecule has 29 heavy (non-hydrogen) atoms. The van der Waals surface area contributed by atoms with Crippen LogP contribution in [0.2, 0.25) is 0 Å². The van der Waals surface area contributed by atoms with Crippen LogP contribution in [0.25, 0.3) is 11.3 Å². The number of halogens is 3. The zero-order chi connectivity index (χ0) is 20.8. The van der Waals surface area contributed by atoms with Crippen LogP contribution in [-0.2, 0) is 12.7 Å². The number of amides is 2. The van der Waals surface area contributed by atoms with E-state index in [-0.39, 0.29) is 18.4 Å². The van der Waals surface area contributed by atoms with Crippen molar-refractivity contribution in [3.05, 3.63) is 77.0 Å². The van der Waals surface area contributed by atoms with Gasteiger partial charge in [0.05, 0.1) is 23.4 Å². The fourth-order valence-electron chi connectivity index (χ4n) is 3.05. The number of alkyl halides is 3. The molecule has 2 amide bonds. The van der Waals surface area contributed by atoms with Gasteiger partial charge in [0.25, 0.3) is 11.8 Å². The van der Waals surface area contributed by atoms with E-state index < -0.39 is 12.0 Å². The highest BCUT2D eigenvalue weighted by atomic mass is 19.4. The predicted octanol–water partition coefficient (Wildman–Crippen LogP) is 3.66. The highest BCUT2D eigenvalue weighted by molar-refractivity contribution is 6.21. The Kier molecular flexibility index (Phi) is 4.37. The van der Waals surface area contributed by atoms with Crippen molar-refractivity contribution in [1.82, 2.24) is 19.9 Å². The van der Waals surface area contributed by atoms with Gasteiger partial charge in [-0.1, -0.05) is 12.1 Å². The average Bonchev–Trinajstić information content (AvgIpc) is 2.94. The number of hydrogen-bond acceptors (Lipinski definition) is 5. The van der Waals surface area contributed by atoms with Gasteiger partial charge in [0, 0.05) is 24.2 Å². The number of hydrogen-bond donors (Lipinski definition) is 0. The zero-order valence-electron chi connectivity index (χ0n) is 15.1. The van der Waals surface area contributed by atoms with Crippen LogP contribution in [0.5, 0.6) is 0 Å². The van der Waals surface area contributed by atoms with Crippen molar-refractivity contribution in [2.75, 3.05) is 0 Å². The molecular formula is C20H13F3N4O2. The minimum absolute atomic E-state index is 0.0230. The number of carbonyl (C=O) groups excluding carboxylic acids is 2. The molecule has 0 aliphatic carbocycles. The van der Waals surface area contributed by atoms with Crippen molar-refractivity contribution in [1.29, 1.82) is 0 Å². The van der Waals surface area contributed by atoms with E-state index in [1.165, 1.54) is 6.20 Å². The predicted molar refractivity (Wildman–Crippen MR) is 95.6 cm³/mol. The van der Waals surface area contributed by atoms with E-state index in [0.717, 1.165) is 22.9 Å². The summed E-state index contributed by atoms with van der Waals surface area (Å²) in [4.78, 5) is 37.2. The normalized spacial score (nSPS) is 13.7. The lowest BCUT2D eigenvalue weighted by molar-refractivity contribution is -0.145. The third-order valence-electron chi connectivity index (χ3n) is 4.62. The average molecular weight is 398 g/mol. The number of nitrogens with zero attached hydrogens (tertiary/aromatic N) is 4. The molecule has 0 spiro atoms. The maximum absolute atomic E-state index is 12.6. The molecule has 0 bridgehead atoms. The second-order valence-electron chi connectivity index (χ2n) is 6.53. The van der Waals surface area contributed by atoms with Crippen molar-refractivity contribution >= 4 is 11.8 Å². The van der Waals surface area contributed by atoms with E-state index in [2.05, 4.69) is 15.0 Å². The van der Waals surface area contributed by atoms with Gasteiger partial charge in [0.2, 0.25) is 5.82 Å². The van der Waals surface area contributed by atoms with Crippen molar-refractivity contribution < 1.29 is 22.8 Å². The third-order valence-corrected chi connectivity index (χ3v) is 4.62. The van der Waals surface area contributed by atoms with Crippen LogP contribution in [0.4, 0.5) is 13.2 Å². The van der Waals surface area contributed by atoms with Crippen molar-refractivity contribution in [3.63, 3.8) is 0 Å². The molecule has 6 nitrogen and oxygen atoms in total. The van der Waals surface area contributed by atoms with Gasteiger partial charge in [0.1, 0.15) is 0 Å². The Balaban J connectivity index is 1.63. The van der Waals surface area contributed by atoms with E-state index in [1.54, 1.807) is 37.3 Å². The molecule has 0 radical (unpaired) electrons. The summed E-state index contributed by atoms with van der Waals surface area (Å²) in [7, 11) is 0. The summed E-state index contributed by atoms with van der Waals surface area (Å²) in [5, 5.41) is 0. The van der Waals surface area contributed by atoms with E-state index in [9.17, 15) is 22.8 Å². The number of benzene rings is 1. The molecule has 0 saturated heterocycles. The van der Waals surface area contributed by atoms with Gasteiger partial charge in [-0.05, 0) is 36.2 Å². The lowest BCUT2D eigenvalue weighted by Crippen LogP contribution is -2.29. The monoisotopic (exact) mass is 398 g/mol. The van der Waals surface area contributed by atoms with Gasteiger partial charge in [-0.2, -0.15) is 13.2 Å². The van der Waals surface area contributed by atoms with Crippen molar-refractivity contribution in [2.24, 2.45) is 0 Å². The largest absolute Gasteiger partial charge is 0.451 e. The van der Waals surface area contributed by atoms with Gasteiger partial charge in [0.15, 0.2) is 0 Å². The number of pyridine rings is 1. The van der Waals surface area contributed by atoms with Crippen LogP contribution in [0, 0.1) is 6.92 Å². The molecule has 2 aromatic heterocycles. The summed E-state index contributed by atoms with van der Waals surface area (Å²) < 4.78 is 37.9. The maximum Gasteiger partial charge on any atom is 0.451 e. The second-order valence-corrected chi connectivity index (χ2v) is 6.53. The molecule has 3 aromatic rings. The van der Waals surface area contributed by atoms with E-state index in [1.807, 2.05) is 0 Å². The first-order valence-electron chi connectivity index (χ1n) is 8.56. The first-order valence-corrected chi connectivity index (χ1v) is 8.56. The van der Waals surface area contributed by atoms with Crippen LogP contribution in [0.1, 0.15) is 37.7 Å². The number of carbonyl (C=O) groups is 2. The first-order chi connectivity index (χ1) is 13.8. The Morgan fingerprint density at radius 1 is 0.931 bits per heavy atom. The molecule has 0 N–H and O–H groups in total. The molecule has 0 saturated carbocycles. The van der Waals surface area contributed by atoms with Gasteiger partial charge in [-0.3, -0.25) is 19.5 Å². The van der Waals surface area contributed by atoms with Gasteiger partial charge in [-0.25, -0.2) is 9.97 Å². The summed E-state index contributed by atoms with van der Waals surface area (Å²) in [5.74, 6) is -2.01. The minimum atomic E-state index is -4.63. The minimum Gasteiger partial charge on any atom is -0.270 e. The van der Waals surface area contributed by atoms with Crippen LogP contribution in [-0.4, -0.2) is 31.7 Å². The van der Waals surface area contributed by atoms with Crippen LogP contribution in [0.3, 0.4) is 0 Å². The lowest BCUT2D eigenvalue weighted by atomic mass is 10.1. The van der Waals surface area contributed by atoms with Crippen molar-refractivity contribution in [2.45, 2.75) is 19.6 Å². The number of rotatable bonds is 3. The van der Waals surface area contributed by atoms with Gasteiger partial charge < -0.3 is 0 Å². The molecule has 1 aromatic carbocycles. The standard InChI is InChI=1S/C20H13F3N4O2/c1-11-7-24-16(13-8-25-19(26-9-13)20(21,22)23)6-12(11)10-27-17(28)14-4-2-3-5-15(14)18(27)29/h2-9H,10H2,1H3. The van der Waals surface area contributed by atoms with E-state index in [0.29, 0.717) is 27.9 Å². The molecule has 3 heterocycles. The van der Waals surface area contributed by atoms with Crippen LogP contribution < -0.4 is 0 Å².